The molecule has 0 radical (unpaired) electrons. The Morgan fingerprint density at radius 1 is 1.38 bits per heavy atom. The van der Waals surface area contributed by atoms with Crippen molar-refractivity contribution in [2.75, 3.05) is 6.61 Å². The number of aryl methyl sites for hydroxylation is 1. The lowest BCUT2D eigenvalue weighted by atomic mass is 9.94. The summed E-state index contributed by atoms with van der Waals surface area (Å²) in [5, 5.41) is 1.07. The van der Waals surface area contributed by atoms with Gasteiger partial charge in [-0.1, -0.05) is 6.07 Å². The van der Waals surface area contributed by atoms with E-state index in [0.29, 0.717) is 13.0 Å². The summed E-state index contributed by atoms with van der Waals surface area (Å²) in [5.41, 5.74) is 3.76. The van der Waals surface area contributed by atoms with E-state index in [-0.39, 0.29) is 11.8 Å². The largest absolute Gasteiger partial charge is 0.463 e. The predicted molar refractivity (Wildman–Crippen MR) is 81.2 cm³/mol. The van der Waals surface area contributed by atoms with Crippen molar-refractivity contribution in [1.29, 1.82) is 0 Å². The van der Waals surface area contributed by atoms with Gasteiger partial charge in [0.2, 0.25) is 0 Å². The lowest BCUT2D eigenvalue weighted by Crippen LogP contribution is -2.09. The van der Waals surface area contributed by atoms with Crippen LogP contribution in [0.15, 0.2) is 24.3 Å². The molecule has 0 saturated carbocycles. The van der Waals surface area contributed by atoms with Crippen LogP contribution in [-0.2, 0) is 16.0 Å². The van der Waals surface area contributed by atoms with Gasteiger partial charge in [0, 0.05) is 23.4 Å². The van der Waals surface area contributed by atoms with Crippen molar-refractivity contribution in [2.45, 2.75) is 26.2 Å². The average molecular weight is 283 g/mol. The molecule has 108 valence electrons. The maximum atomic E-state index is 11.9. The first kappa shape index (κ1) is 13.6. The predicted octanol–water partition coefficient (Wildman–Crippen LogP) is 3.26. The minimum absolute atomic E-state index is 0.191. The SMILES string of the molecule is CCOC(=O)C=Cc1ccc2[nH]c3c(c2c1)CCCC3=O. The second kappa shape index (κ2) is 5.56. The highest BCUT2D eigenvalue weighted by molar-refractivity contribution is 6.03. The Labute approximate surface area is 122 Å². The number of aromatic amines is 1. The third kappa shape index (κ3) is 2.61. The zero-order valence-electron chi connectivity index (χ0n) is 11.9. The summed E-state index contributed by atoms with van der Waals surface area (Å²) in [5.74, 6) is -0.153. The van der Waals surface area contributed by atoms with E-state index < -0.39 is 0 Å². The molecular weight excluding hydrogens is 266 g/mol. The molecule has 1 aliphatic rings. The van der Waals surface area contributed by atoms with E-state index >= 15 is 0 Å². The van der Waals surface area contributed by atoms with Crippen LogP contribution >= 0.6 is 0 Å². The molecule has 0 bridgehead atoms. The molecule has 4 heteroatoms. The van der Waals surface area contributed by atoms with Crippen LogP contribution in [0.4, 0.5) is 0 Å². The van der Waals surface area contributed by atoms with Crippen LogP contribution in [0.2, 0.25) is 0 Å². The summed E-state index contributed by atoms with van der Waals surface area (Å²) in [6, 6.07) is 5.88. The summed E-state index contributed by atoms with van der Waals surface area (Å²) >= 11 is 0. The van der Waals surface area contributed by atoms with E-state index in [1.165, 1.54) is 6.08 Å². The van der Waals surface area contributed by atoms with E-state index in [9.17, 15) is 9.59 Å². The summed E-state index contributed by atoms with van der Waals surface area (Å²) in [6.07, 6.45) is 5.61. The van der Waals surface area contributed by atoms with Gasteiger partial charge in [0.1, 0.15) is 0 Å². The molecule has 1 N–H and O–H groups in total. The first-order chi connectivity index (χ1) is 10.2. The van der Waals surface area contributed by atoms with Gasteiger partial charge in [-0.3, -0.25) is 4.79 Å². The van der Waals surface area contributed by atoms with Gasteiger partial charge in [0.05, 0.1) is 12.3 Å². The molecule has 1 heterocycles. The topological polar surface area (TPSA) is 59.2 Å². The number of rotatable bonds is 3. The Hall–Kier alpha value is -2.36. The lowest BCUT2D eigenvalue weighted by Gasteiger charge is -2.09. The van der Waals surface area contributed by atoms with Crippen molar-refractivity contribution in [2.24, 2.45) is 0 Å². The minimum Gasteiger partial charge on any atom is -0.463 e. The van der Waals surface area contributed by atoms with Gasteiger partial charge in [-0.2, -0.15) is 0 Å². The Morgan fingerprint density at radius 3 is 3.05 bits per heavy atom. The number of fused-ring (bicyclic) bond motifs is 3. The van der Waals surface area contributed by atoms with Crippen molar-refractivity contribution in [3.8, 4) is 0 Å². The number of aromatic nitrogens is 1. The molecule has 0 unspecified atom stereocenters. The minimum atomic E-state index is -0.344. The number of H-pyrrole nitrogens is 1. The van der Waals surface area contributed by atoms with Gasteiger partial charge < -0.3 is 9.72 Å². The summed E-state index contributed by atoms with van der Waals surface area (Å²) < 4.78 is 4.86. The van der Waals surface area contributed by atoms with Crippen LogP contribution < -0.4 is 0 Å². The van der Waals surface area contributed by atoms with Gasteiger partial charge in [0.25, 0.3) is 0 Å². The fraction of sp³-hybridized carbons (Fsp3) is 0.294. The van der Waals surface area contributed by atoms with Gasteiger partial charge in [-0.25, -0.2) is 4.79 Å². The van der Waals surface area contributed by atoms with Gasteiger partial charge in [-0.15, -0.1) is 0 Å². The third-order valence-corrected chi connectivity index (χ3v) is 3.74. The molecule has 1 aromatic heterocycles. The highest BCUT2D eigenvalue weighted by Crippen LogP contribution is 2.29. The number of esters is 1. The lowest BCUT2D eigenvalue weighted by molar-refractivity contribution is -0.137. The Morgan fingerprint density at radius 2 is 2.24 bits per heavy atom. The third-order valence-electron chi connectivity index (χ3n) is 3.74. The van der Waals surface area contributed by atoms with Crippen molar-refractivity contribution in [1.82, 2.24) is 4.98 Å². The van der Waals surface area contributed by atoms with E-state index in [4.69, 9.17) is 4.74 Å². The maximum Gasteiger partial charge on any atom is 0.330 e. The van der Waals surface area contributed by atoms with Gasteiger partial charge >= 0.3 is 5.97 Å². The number of hydrogen-bond acceptors (Lipinski definition) is 3. The van der Waals surface area contributed by atoms with Crippen LogP contribution in [0.5, 0.6) is 0 Å². The normalized spacial score (nSPS) is 14.6. The second-order valence-electron chi connectivity index (χ2n) is 5.15. The Balaban J connectivity index is 1.96. The number of hydrogen-bond donors (Lipinski definition) is 1. The quantitative estimate of drug-likeness (QED) is 0.694. The van der Waals surface area contributed by atoms with Gasteiger partial charge in [0.15, 0.2) is 5.78 Å². The van der Waals surface area contributed by atoms with Crippen molar-refractivity contribution in [3.63, 3.8) is 0 Å². The zero-order chi connectivity index (χ0) is 14.8. The number of Topliss-reactive ketones (excluding diaryl/α,β-unsaturated/α-hetero) is 1. The van der Waals surface area contributed by atoms with Crippen LogP contribution in [0, 0.1) is 0 Å². The molecule has 0 fully saturated rings. The molecule has 1 aromatic carbocycles. The zero-order valence-corrected chi connectivity index (χ0v) is 11.9. The summed E-state index contributed by atoms with van der Waals surface area (Å²) in [7, 11) is 0. The van der Waals surface area contributed by atoms with Gasteiger partial charge in [-0.05, 0) is 49.1 Å². The van der Waals surface area contributed by atoms with Crippen molar-refractivity contribution < 1.29 is 14.3 Å². The molecule has 2 aromatic rings. The summed E-state index contributed by atoms with van der Waals surface area (Å²) in [4.78, 5) is 26.5. The highest BCUT2D eigenvalue weighted by atomic mass is 16.5. The monoisotopic (exact) mass is 283 g/mol. The molecule has 3 rings (SSSR count). The smallest absolute Gasteiger partial charge is 0.330 e. The number of nitrogens with one attached hydrogen (secondary N) is 1. The first-order valence-corrected chi connectivity index (χ1v) is 7.21. The standard InChI is InChI=1S/C17H17NO3/c1-2-21-16(20)9-7-11-6-8-14-13(10-11)12-4-3-5-15(19)17(12)18-14/h6-10,18H,2-5H2,1H3. The first-order valence-electron chi connectivity index (χ1n) is 7.21. The van der Waals surface area contributed by atoms with E-state index in [1.54, 1.807) is 13.0 Å². The molecule has 0 spiro atoms. The number of carbonyl (C=O) groups excluding carboxylic acids is 2. The van der Waals surface area contributed by atoms with E-state index in [0.717, 1.165) is 40.6 Å². The number of ketones is 1. The molecule has 0 aliphatic heterocycles. The van der Waals surface area contributed by atoms with Crippen molar-refractivity contribution in [3.05, 3.63) is 41.1 Å². The molecule has 21 heavy (non-hydrogen) atoms. The van der Waals surface area contributed by atoms with E-state index in [1.807, 2.05) is 18.2 Å². The van der Waals surface area contributed by atoms with Crippen LogP contribution in [0.25, 0.3) is 17.0 Å². The molecule has 4 nitrogen and oxygen atoms in total. The van der Waals surface area contributed by atoms with Crippen LogP contribution in [0.1, 0.15) is 41.4 Å². The molecular formula is C17H17NO3. The fourth-order valence-corrected chi connectivity index (χ4v) is 2.77. The van der Waals surface area contributed by atoms with Crippen LogP contribution in [0.3, 0.4) is 0 Å². The maximum absolute atomic E-state index is 11.9. The average Bonchev–Trinajstić information content (AvgIpc) is 2.85. The second-order valence-corrected chi connectivity index (χ2v) is 5.15. The Kier molecular flexibility index (Phi) is 3.60. The van der Waals surface area contributed by atoms with E-state index in [2.05, 4.69) is 4.98 Å². The molecule has 0 amide bonds. The number of benzene rings is 1. The molecule has 0 atom stereocenters. The summed E-state index contributed by atoms with van der Waals surface area (Å²) in [6.45, 7) is 2.15. The number of ether oxygens (including phenoxy) is 1. The van der Waals surface area contributed by atoms with Crippen molar-refractivity contribution >= 4 is 28.7 Å². The molecule has 1 aliphatic carbocycles. The Bertz CT molecular complexity index is 740. The number of carbonyl (C=O) groups is 2. The highest BCUT2D eigenvalue weighted by Gasteiger charge is 2.21. The molecule has 0 saturated heterocycles. The van der Waals surface area contributed by atoms with Crippen LogP contribution in [-0.4, -0.2) is 23.3 Å². The fourth-order valence-electron chi connectivity index (χ4n) is 2.77.